The Hall–Kier alpha value is -4.87. The van der Waals surface area contributed by atoms with Crippen molar-refractivity contribution in [3.05, 3.63) is 60.1 Å². The minimum atomic E-state index is -0.161. The molecule has 0 unspecified atom stereocenters. The van der Waals surface area contributed by atoms with Gasteiger partial charge in [-0.15, -0.1) is 10.2 Å². The van der Waals surface area contributed by atoms with Crippen LogP contribution in [0.2, 0.25) is 0 Å². The van der Waals surface area contributed by atoms with E-state index in [9.17, 15) is 9.59 Å². The van der Waals surface area contributed by atoms with E-state index in [0.29, 0.717) is 29.7 Å². The Labute approximate surface area is 228 Å². The van der Waals surface area contributed by atoms with Crippen molar-refractivity contribution in [2.75, 3.05) is 12.8 Å². The molecule has 202 valence electrons. The van der Waals surface area contributed by atoms with Crippen molar-refractivity contribution in [3.8, 4) is 16.9 Å². The van der Waals surface area contributed by atoms with Crippen LogP contribution in [-0.4, -0.2) is 70.5 Å². The van der Waals surface area contributed by atoms with Crippen LogP contribution in [0.1, 0.15) is 65.2 Å². The van der Waals surface area contributed by atoms with Gasteiger partial charge in [0.1, 0.15) is 17.9 Å². The fraction of sp³-hybridized carbons (Fsp3) is 0.321. The van der Waals surface area contributed by atoms with Crippen molar-refractivity contribution in [2.24, 2.45) is 0 Å². The van der Waals surface area contributed by atoms with Gasteiger partial charge in [0.15, 0.2) is 11.4 Å². The SMILES string of the molecule is COc1ccc2ncc(-c3cnn4c(N)c(C(C)=O)c([C@H]5C[C@H]6CC[C@@H](C5)N6C(=O)c5nnc[nH]5)nc34)cc2c1. The first-order valence-electron chi connectivity index (χ1n) is 13.2. The Morgan fingerprint density at radius 2 is 1.93 bits per heavy atom. The number of methoxy groups -OCH3 is 1. The average Bonchev–Trinajstić information content (AvgIpc) is 3.70. The monoisotopic (exact) mass is 537 g/mol. The van der Waals surface area contributed by atoms with Gasteiger partial charge < -0.3 is 20.4 Å². The van der Waals surface area contributed by atoms with Crippen LogP contribution in [0.3, 0.4) is 0 Å². The number of nitrogen functional groups attached to an aromatic ring is 1. The molecular weight excluding hydrogens is 510 g/mol. The summed E-state index contributed by atoms with van der Waals surface area (Å²) in [6, 6.07) is 7.78. The molecular formula is C28H27N9O3. The van der Waals surface area contributed by atoms with Gasteiger partial charge in [-0.25, -0.2) is 4.98 Å². The predicted octanol–water partition coefficient (Wildman–Crippen LogP) is 3.41. The number of piperidine rings is 1. The standard InChI is InChI=1S/C28H27N9O3/c1-14(38)23-24(16-8-18-3-4-19(9-16)36(18)28(39)26-31-13-32-35-26)34-27-21(12-33-37(27)25(23)29)17-7-15-10-20(40-2)5-6-22(15)30-11-17/h5-7,10-13,16,18-19H,3-4,8-9,29H2,1-2H3,(H,31,32,35)/t16-,18+,19-. The van der Waals surface area contributed by atoms with Gasteiger partial charge in [-0.05, 0) is 56.9 Å². The fourth-order valence-electron chi connectivity index (χ4n) is 6.44. The number of H-pyrrole nitrogens is 1. The molecule has 0 saturated carbocycles. The Balaban J connectivity index is 1.30. The Morgan fingerprint density at radius 3 is 2.62 bits per heavy atom. The number of benzene rings is 1. The summed E-state index contributed by atoms with van der Waals surface area (Å²) >= 11 is 0. The van der Waals surface area contributed by atoms with E-state index in [2.05, 4.69) is 25.3 Å². The summed E-state index contributed by atoms with van der Waals surface area (Å²) in [5.74, 6) is 0.910. The van der Waals surface area contributed by atoms with Gasteiger partial charge in [-0.3, -0.25) is 14.6 Å². The molecule has 2 aliphatic rings. The number of hydrogen-bond donors (Lipinski definition) is 2. The highest BCUT2D eigenvalue weighted by molar-refractivity contribution is 6.00. The quantitative estimate of drug-likeness (QED) is 0.321. The number of carbonyl (C=O) groups excluding carboxylic acids is 2. The molecule has 2 saturated heterocycles. The summed E-state index contributed by atoms with van der Waals surface area (Å²) < 4.78 is 6.92. The number of nitrogens with two attached hydrogens (primary N) is 1. The molecule has 12 heteroatoms. The van der Waals surface area contributed by atoms with E-state index >= 15 is 0 Å². The van der Waals surface area contributed by atoms with Crippen molar-refractivity contribution < 1.29 is 14.3 Å². The summed E-state index contributed by atoms with van der Waals surface area (Å²) in [6.07, 6.45) is 8.04. The zero-order valence-electron chi connectivity index (χ0n) is 22.0. The first-order chi connectivity index (χ1) is 19.4. The van der Waals surface area contributed by atoms with Crippen molar-refractivity contribution in [1.82, 2.24) is 39.7 Å². The Morgan fingerprint density at radius 1 is 1.12 bits per heavy atom. The first kappa shape index (κ1) is 24.2. The molecule has 40 heavy (non-hydrogen) atoms. The van der Waals surface area contributed by atoms with E-state index in [1.807, 2.05) is 29.2 Å². The number of ether oxygens (including phenoxy) is 1. The topological polar surface area (TPSA) is 157 Å². The minimum Gasteiger partial charge on any atom is -0.497 e. The number of ketones is 1. The highest BCUT2D eigenvalue weighted by Gasteiger charge is 2.45. The molecule has 3 atom stereocenters. The van der Waals surface area contributed by atoms with Crippen LogP contribution in [0.4, 0.5) is 5.82 Å². The molecule has 2 aliphatic heterocycles. The van der Waals surface area contributed by atoms with Gasteiger partial charge in [0.05, 0.1) is 30.1 Å². The molecule has 1 amide bonds. The fourth-order valence-corrected chi connectivity index (χ4v) is 6.44. The third-order valence-electron chi connectivity index (χ3n) is 8.24. The number of carbonyl (C=O) groups is 2. The average molecular weight is 538 g/mol. The van der Waals surface area contributed by atoms with Crippen LogP contribution in [0, 0.1) is 0 Å². The Kier molecular flexibility index (Phi) is 5.51. The maximum Gasteiger partial charge on any atom is 0.292 e. The number of nitrogens with one attached hydrogen (secondary N) is 1. The van der Waals surface area contributed by atoms with E-state index in [1.54, 1.807) is 19.5 Å². The third kappa shape index (κ3) is 3.70. The van der Waals surface area contributed by atoms with Gasteiger partial charge in [0.2, 0.25) is 5.82 Å². The highest BCUT2D eigenvalue weighted by atomic mass is 16.5. The van der Waals surface area contributed by atoms with Crippen molar-refractivity contribution in [1.29, 1.82) is 0 Å². The zero-order chi connectivity index (χ0) is 27.5. The van der Waals surface area contributed by atoms with Crippen LogP contribution in [0.25, 0.3) is 27.7 Å². The lowest BCUT2D eigenvalue weighted by Gasteiger charge is -2.38. The maximum absolute atomic E-state index is 13.1. The smallest absolute Gasteiger partial charge is 0.292 e. The molecule has 0 aliphatic carbocycles. The number of fused-ring (bicyclic) bond motifs is 4. The molecule has 2 fully saturated rings. The van der Waals surface area contributed by atoms with Crippen molar-refractivity contribution >= 4 is 34.1 Å². The van der Waals surface area contributed by atoms with Gasteiger partial charge >= 0.3 is 0 Å². The molecule has 0 spiro atoms. The molecule has 7 rings (SSSR count). The lowest BCUT2D eigenvalue weighted by Crippen LogP contribution is -2.46. The van der Waals surface area contributed by atoms with Crippen LogP contribution < -0.4 is 10.5 Å². The number of Topliss-reactive ketones (excluding diaryl/α,β-unsaturated/α-hetero) is 1. The van der Waals surface area contributed by atoms with Crippen molar-refractivity contribution in [2.45, 2.75) is 50.6 Å². The number of aromatic nitrogens is 7. The van der Waals surface area contributed by atoms with Crippen LogP contribution in [0.5, 0.6) is 5.75 Å². The lowest BCUT2D eigenvalue weighted by molar-refractivity contribution is 0.0556. The second kappa shape index (κ2) is 9.11. The number of pyridine rings is 1. The molecule has 0 radical (unpaired) electrons. The van der Waals surface area contributed by atoms with Gasteiger partial charge in [-0.1, -0.05) is 0 Å². The molecule has 5 aromatic rings. The van der Waals surface area contributed by atoms with Crippen LogP contribution in [-0.2, 0) is 0 Å². The van der Waals surface area contributed by atoms with Crippen LogP contribution in [0.15, 0.2) is 43.0 Å². The highest BCUT2D eigenvalue weighted by Crippen LogP contribution is 2.45. The Bertz CT molecular complexity index is 1780. The van der Waals surface area contributed by atoms with E-state index < -0.39 is 0 Å². The molecule has 3 N–H and O–H groups in total. The third-order valence-corrected chi connectivity index (χ3v) is 8.24. The summed E-state index contributed by atoms with van der Waals surface area (Å²) in [7, 11) is 1.63. The van der Waals surface area contributed by atoms with Gasteiger partial charge in [-0.2, -0.15) is 9.61 Å². The molecule has 4 aromatic heterocycles. The van der Waals surface area contributed by atoms with E-state index in [0.717, 1.165) is 40.6 Å². The normalized spacial score (nSPS) is 20.4. The first-order valence-corrected chi connectivity index (χ1v) is 13.2. The summed E-state index contributed by atoms with van der Waals surface area (Å²) in [4.78, 5) is 40.5. The largest absolute Gasteiger partial charge is 0.497 e. The lowest BCUT2D eigenvalue weighted by atomic mass is 9.85. The molecule has 12 nitrogen and oxygen atoms in total. The number of amides is 1. The second-order valence-corrected chi connectivity index (χ2v) is 10.5. The van der Waals surface area contributed by atoms with E-state index in [-0.39, 0.29) is 41.3 Å². The van der Waals surface area contributed by atoms with Crippen LogP contribution >= 0.6 is 0 Å². The summed E-state index contributed by atoms with van der Waals surface area (Å²) in [6.45, 7) is 1.50. The molecule has 1 aromatic carbocycles. The van der Waals surface area contributed by atoms with Gasteiger partial charge in [0.25, 0.3) is 5.91 Å². The number of anilines is 1. The zero-order valence-corrected chi connectivity index (χ0v) is 22.0. The number of rotatable bonds is 5. The van der Waals surface area contributed by atoms with Gasteiger partial charge in [0, 0.05) is 40.7 Å². The van der Waals surface area contributed by atoms with Crippen molar-refractivity contribution in [3.63, 3.8) is 0 Å². The maximum atomic E-state index is 13.1. The molecule has 6 heterocycles. The minimum absolute atomic E-state index is 0.0180. The van der Waals surface area contributed by atoms with E-state index in [4.69, 9.17) is 15.5 Å². The second-order valence-electron chi connectivity index (χ2n) is 10.5. The summed E-state index contributed by atoms with van der Waals surface area (Å²) in [5, 5.41) is 13.1. The predicted molar refractivity (Wildman–Crippen MR) is 146 cm³/mol. The van der Waals surface area contributed by atoms with E-state index in [1.165, 1.54) is 17.8 Å². The molecule has 2 bridgehead atoms. The summed E-state index contributed by atoms with van der Waals surface area (Å²) in [5.41, 5.74) is 10.7. The number of hydrogen-bond acceptors (Lipinski definition) is 9. The number of nitrogens with zero attached hydrogens (tertiary/aromatic N) is 7. The number of aromatic amines is 1.